The second kappa shape index (κ2) is 15.2. The fourth-order valence-corrected chi connectivity index (χ4v) is 7.72. The normalized spacial score (nSPS) is 11.7. The fourth-order valence-electron chi connectivity index (χ4n) is 7.33. The Hall–Kier alpha value is -5.51. The third-order valence-corrected chi connectivity index (χ3v) is 11.1. The first-order chi connectivity index (χ1) is 25.6. The molecule has 0 heterocycles. The predicted octanol–water partition coefficient (Wildman–Crippen LogP) is 14.5. The molecule has 0 saturated carbocycles. The summed E-state index contributed by atoms with van der Waals surface area (Å²) in [7, 11) is 0. The molecule has 0 aliphatic rings. The Morgan fingerprint density at radius 2 is 0.868 bits per heavy atom. The van der Waals surface area contributed by atoms with Gasteiger partial charge in [0.2, 0.25) is 0 Å². The van der Waals surface area contributed by atoms with Crippen LogP contribution >= 0.6 is 11.8 Å². The summed E-state index contributed by atoms with van der Waals surface area (Å²) in [6.07, 6.45) is 2.20. The second-order valence-electron chi connectivity index (χ2n) is 14.9. The van der Waals surface area contributed by atoms with Crippen LogP contribution in [0.2, 0.25) is 0 Å². The van der Waals surface area contributed by atoms with Crippen LogP contribution in [0.5, 0.6) is 0 Å². The van der Waals surface area contributed by atoms with Crippen molar-refractivity contribution in [3.63, 3.8) is 0 Å². The highest BCUT2D eigenvalue weighted by molar-refractivity contribution is 8.00. The molecule has 3 heteroatoms. The van der Waals surface area contributed by atoms with Gasteiger partial charge in [0.1, 0.15) is 0 Å². The molecule has 0 saturated heterocycles. The second-order valence-corrected chi connectivity index (χ2v) is 16.3. The Morgan fingerprint density at radius 1 is 0.358 bits per heavy atom. The summed E-state index contributed by atoms with van der Waals surface area (Å²) in [5, 5.41) is 0. The van der Waals surface area contributed by atoms with Crippen LogP contribution in [0.3, 0.4) is 0 Å². The maximum Gasteiger partial charge on any atom is 0.0850 e. The van der Waals surface area contributed by atoms with E-state index >= 15 is 0 Å². The topological polar surface area (TPSA) is 6.48 Å². The number of thioether (sulfide) groups is 1. The molecule has 7 aromatic carbocycles. The Bertz CT molecular complexity index is 2290. The minimum Gasteiger partial charge on any atom is -0.336 e. The van der Waals surface area contributed by atoms with Gasteiger partial charge in [0.25, 0.3) is 0 Å². The molecule has 7 aromatic rings. The molecule has 264 valence electrons. The quantitative estimate of drug-likeness (QED) is 0.131. The highest BCUT2D eigenvalue weighted by Crippen LogP contribution is 2.45. The summed E-state index contributed by atoms with van der Waals surface area (Å²) in [6, 6.07) is 66.0. The van der Waals surface area contributed by atoms with Gasteiger partial charge in [0.15, 0.2) is 0 Å². The molecule has 0 aliphatic carbocycles. The predicted molar refractivity (Wildman–Crippen MR) is 233 cm³/mol. The van der Waals surface area contributed by atoms with Crippen molar-refractivity contribution in [2.24, 2.45) is 0 Å². The largest absolute Gasteiger partial charge is 0.336 e. The van der Waals surface area contributed by atoms with E-state index in [2.05, 4.69) is 233 Å². The first kappa shape index (κ1) is 35.9. The van der Waals surface area contributed by atoms with Crippen molar-refractivity contribution in [2.45, 2.75) is 45.0 Å². The lowest BCUT2D eigenvalue weighted by Gasteiger charge is -2.40. The third kappa shape index (κ3) is 7.68. The van der Waals surface area contributed by atoms with Gasteiger partial charge in [-0.3, -0.25) is 0 Å². The van der Waals surface area contributed by atoms with Crippen LogP contribution in [0.4, 0.5) is 22.7 Å². The zero-order chi connectivity index (χ0) is 37.0. The molecule has 0 fully saturated rings. The molecule has 0 N–H and O–H groups in total. The lowest BCUT2D eigenvalue weighted by Crippen LogP contribution is -2.37. The van der Waals surface area contributed by atoms with Gasteiger partial charge in [-0.05, 0) is 128 Å². The Morgan fingerprint density at radius 3 is 1.53 bits per heavy atom. The number of hydrogen-bond donors (Lipinski definition) is 0. The molecule has 7 rings (SSSR count). The van der Waals surface area contributed by atoms with Crippen LogP contribution in [0.25, 0.3) is 44.5 Å². The molecule has 0 radical (unpaired) electrons. The minimum atomic E-state index is -0.216. The average Bonchev–Trinajstić information content (AvgIpc) is 3.19. The van der Waals surface area contributed by atoms with Crippen LogP contribution < -0.4 is 9.80 Å². The van der Waals surface area contributed by atoms with E-state index in [1.54, 1.807) is 0 Å². The van der Waals surface area contributed by atoms with Gasteiger partial charge in [-0.25, -0.2) is 0 Å². The van der Waals surface area contributed by atoms with Crippen molar-refractivity contribution in [1.29, 1.82) is 0 Å². The summed E-state index contributed by atoms with van der Waals surface area (Å²) >= 11 is 1.85. The van der Waals surface area contributed by atoms with Crippen molar-refractivity contribution >= 4 is 34.5 Å². The molecule has 0 bridgehead atoms. The van der Waals surface area contributed by atoms with E-state index in [1.807, 2.05) is 11.8 Å². The molecule has 0 aliphatic heterocycles. The summed E-state index contributed by atoms with van der Waals surface area (Å²) < 4.78 is 0. The van der Waals surface area contributed by atoms with Crippen molar-refractivity contribution < 1.29 is 0 Å². The minimum absolute atomic E-state index is 0.136. The monoisotopic (exact) mass is 708 g/mol. The van der Waals surface area contributed by atoms with E-state index in [4.69, 9.17) is 0 Å². The third-order valence-electron chi connectivity index (χ3n) is 9.91. The van der Waals surface area contributed by atoms with Crippen molar-refractivity contribution in [1.82, 2.24) is 0 Å². The van der Waals surface area contributed by atoms with Crippen LogP contribution in [-0.2, 0) is 0 Å². The van der Waals surface area contributed by atoms with Crippen LogP contribution in [-0.4, -0.2) is 16.7 Å². The molecule has 0 spiro atoms. The van der Waals surface area contributed by atoms with Crippen molar-refractivity contribution in [2.75, 3.05) is 16.1 Å². The number of anilines is 4. The van der Waals surface area contributed by atoms with Crippen LogP contribution in [0.1, 0.15) is 34.6 Å². The van der Waals surface area contributed by atoms with Crippen molar-refractivity contribution in [3.05, 3.63) is 182 Å². The standard InChI is InChI=1S/C50H48N2S/c1-49(2,3)52(42-27-14-9-15-28-42)48-31-17-16-30-46(48)41-26-18-25-40(34-41)45-33-32-44(36-47(45)38-22-12-8-13-23-38)51(50(4,5)53-6)43-29-19-24-39(35-43)37-20-10-7-11-21-37/h7-36H,1-6H3. The maximum atomic E-state index is 2.48. The van der Waals surface area contributed by atoms with E-state index in [9.17, 15) is 0 Å². The number of rotatable bonds is 10. The first-order valence-electron chi connectivity index (χ1n) is 18.4. The molecule has 0 atom stereocenters. The molecule has 53 heavy (non-hydrogen) atoms. The molecule has 0 amide bonds. The first-order valence-corrected chi connectivity index (χ1v) is 19.6. The lowest BCUT2D eigenvalue weighted by atomic mass is 9.91. The van der Waals surface area contributed by atoms with E-state index in [0.29, 0.717) is 0 Å². The van der Waals surface area contributed by atoms with E-state index < -0.39 is 0 Å². The Balaban J connectivity index is 1.36. The zero-order valence-corrected chi connectivity index (χ0v) is 32.4. The summed E-state index contributed by atoms with van der Waals surface area (Å²) in [4.78, 5) is 4.72. The van der Waals surface area contributed by atoms with E-state index in [0.717, 1.165) is 11.4 Å². The van der Waals surface area contributed by atoms with E-state index in [1.165, 1.54) is 55.9 Å². The van der Waals surface area contributed by atoms with Crippen molar-refractivity contribution in [3.8, 4) is 44.5 Å². The van der Waals surface area contributed by atoms with Gasteiger partial charge in [-0.1, -0.05) is 133 Å². The average molecular weight is 709 g/mol. The molecular formula is C50H48N2S. The summed E-state index contributed by atoms with van der Waals surface area (Å²) in [6.45, 7) is 11.4. The Kier molecular flexibility index (Phi) is 10.3. The number of para-hydroxylation sites is 2. The molecule has 0 aromatic heterocycles. The Labute approximate surface area is 320 Å². The molecule has 0 unspecified atom stereocenters. The van der Waals surface area contributed by atoms with Gasteiger partial charge >= 0.3 is 0 Å². The summed E-state index contributed by atoms with van der Waals surface area (Å²) in [5.74, 6) is 0. The van der Waals surface area contributed by atoms with Gasteiger partial charge < -0.3 is 9.80 Å². The highest BCUT2D eigenvalue weighted by Gasteiger charge is 2.29. The van der Waals surface area contributed by atoms with Crippen LogP contribution in [0, 0.1) is 0 Å². The molecular weight excluding hydrogens is 661 g/mol. The number of benzene rings is 7. The summed E-state index contributed by atoms with van der Waals surface area (Å²) in [5.41, 5.74) is 14.2. The van der Waals surface area contributed by atoms with Crippen LogP contribution in [0.15, 0.2) is 182 Å². The van der Waals surface area contributed by atoms with Gasteiger partial charge in [-0.15, -0.1) is 11.8 Å². The lowest BCUT2D eigenvalue weighted by molar-refractivity contribution is 0.560. The zero-order valence-electron chi connectivity index (χ0n) is 31.6. The maximum absolute atomic E-state index is 2.48. The smallest absolute Gasteiger partial charge is 0.0850 e. The SMILES string of the molecule is CSC(C)(C)N(c1cccc(-c2ccccc2)c1)c1ccc(-c2cccc(-c3ccccc3N(c3ccccc3)C(C)(C)C)c2)c(-c2ccccc2)c1. The fraction of sp³-hybridized carbons (Fsp3) is 0.160. The van der Waals surface area contributed by atoms with E-state index in [-0.39, 0.29) is 10.4 Å². The number of hydrogen-bond acceptors (Lipinski definition) is 3. The highest BCUT2D eigenvalue weighted by atomic mass is 32.2. The van der Waals surface area contributed by atoms with Gasteiger partial charge in [0, 0.05) is 33.9 Å². The van der Waals surface area contributed by atoms with Gasteiger partial charge in [-0.2, -0.15) is 0 Å². The number of nitrogens with zero attached hydrogens (tertiary/aromatic N) is 2. The molecule has 2 nitrogen and oxygen atoms in total. The van der Waals surface area contributed by atoms with Gasteiger partial charge in [0.05, 0.1) is 4.87 Å².